The SMILES string of the molecule is CN(C(=O)N(C)[C@@H]1CNC[C@H]1c1ccc(Cl)cc1)c1cc(Cl)cc(Cl)c1. The maximum atomic E-state index is 13.0. The highest BCUT2D eigenvalue weighted by Crippen LogP contribution is 2.29. The van der Waals surface area contributed by atoms with Crippen LogP contribution < -0.4 is 10.2 Å². The molecule has 0 aliphatic carbocycles. The molecule has 7 heteroatoms. The molecule has 0 aromatic heterocycles. The van der Waals surface area contributed by atoms with Crippen molar-refractivity contribution in [2.24, 2.45) is 0 Å². The highest BCUT2D eigenvalue weighted by molar-refractivity contribution is 6.35. The second-order valence-corrected chi connectivity index (χ2v) is 7.77. The highest BCUT2D eigenvalue weighted by Gasteiger charge is 2.35. The van der Waals surface area contributed by atoms with Gasteiger partial charge in [0.15, 0.2) is 0 Å². The van der Waals surface area contributed by atoms with E-state index < -0.39 is 0 Å². The summed E-state index contributed by atoms with van der Waals surface area (Å²) in [6.07, 6.45) is 0. The first-order valence-electron chi connectivity index (χ1n) is 8.29. The van der Waals surface area contributed by atoms with Crippen LogP contribution in [0.1, 0.15) is 11.5 Å². The second-order valence-electron chi connectivity index (χ2n) is 6.46. The number of urea groups is 1. The molecule has 138 valence electrons. The molecule has 1 heterocycles. The number of halogens is 3. The molecule has 26 heavy (non-hydrogen) atoms. The predicted octanol–water partition coefficient (Wildman–Crippen LogP) is 4.89. The minimum atomic E-state index is -0.115. The summed E-state index contributed by atoms with van der Waals surface area (Å²) in [4.78, 5) is 16.3. The fourth-order valence-corrected chi connectivity index (χ4v) is 3.98. The molecule has 2 amide bonds. The number of likely N-dealkylation sites (N-methyl/N-ethyl adjacent to an activating group) is 1. The summed E-state index contributed by atoms with van der Waals surface area (Å²) < 4.78 is 0. The molecule has 0 unspecified atom stereocenters. The minimum absolute atomic E-state index is 0.0424. The van der Waals surface area contributed by atoms with E-state index in [1.54, 1.807) is 35.0 Å². The standard InChI is InChI=1S/C19H20Cl3N3O/c1-24(16-8-14(21)7-15(22)9-16)19(26)25(2)18-11-23-10-17(18)12-3-5-13(20)6-4-12/h3-9,17-18,23H,10-11H2,1-2H3/t17-,18+/m0/s1. The Labute approximate surface area is 168 Å². The molecule has 4 nitrogen and oxygen atoms in total. The van der Waals surface area contributed by atoms with Crippen molar-refractivity contribution in [2.75, 3.05) is 32.1 Å². The van der Waals surface area contributed by atoms with Crippen molar-refractivity contribution >= 4 is 46.5 Å². The Balaban J connectivity index is 1.79. The molecular formula is C19H20Cl3N3O. The van der Waals surface area contributed by atoms with Gasteiger partial charge in [0.2, 0.25) is 0 Å². The Hall–Kier alpha value is -1.46. The van der Waals surface area contributed by atoms with Gasteiger partial charge in [-0.05, 0) is 35.9 Å². The van der Waals surface area contributed by atoms with Crippen LogP contribution in [-0.2, 0) is 0 Å². The van der Waals surface area contributed by atoms with E-state index in [0.717, 1.165) is 18.7 Å². The molecule has 0 spiro atoms. The smallest absolute Gasteiger partial charge is 0.322 e. The summed E-state index contributed by atoms with van der Waals surface area (Å²) in [5.41, 5.74) is 1.82. The Kier molecular flexibility index (Phi) is 5.98. The van der Waals surface area contributed by atoms with Gasteiger partial charge in [0.25, 0.3) is 0 Å². The van der Waals surface area contributed by atoms with Crippen LogP contribution in [0.15, 0.2) is 42.5 Å². The molecule has 1 saturated heterocycles. The monoisotopic (exact) mass is 411 g/mol. The van der Waals surface area contributed by atoms with Gasteiger partial charge in [-0.15, -0.1) is 0 Å². The van der Waals surface area contributed by atoms with Crippen LogP contribution in [0.25, 0.3) is 0 Å². The van der Waals surface area contributed by atoms with Crippen molar-refractivity contribution in [1.29, 1.82) is 0 Å². The number of carbonyl (C=O) groups is 1. The normalized spacial score (nSPS) is 19.4. The van der Waals surface area contributed by atoms with Gasteiger partial charge in [0.05, 0.1) is 6.04 Å². The van der Waals surface area contributed by atoms with E-state index in [9.17, 15) is 4.79 Å². The Morgan fingerprint density at radius 3 is 2.19 bits per heavy atom. The van der Waals surface area contributed by atoms with Gasteiger partial charge in [-0.1, -0.05) is 46.9 Å². The van der Waals surface area contributed by atoms with E-state index in [0.29, 0.717) is 20.8 Å². The van der Waals surface area contributed by atoms with E-state index in [2.05, 4.69) is 5.32 Å². The molecule has 2 atom stereocenters. The number of benzene rings is 2. The molecule has 3 rings (SSSR count). The van der Waals surface area contributed by atoms with Crippen LogP contribution in [0.2, 0.25) is 15.1 Å². The molecule has 1 fully saturated rings. The maximum absolute atomic E-state index is 13.0. The zero-order valence-electron chi connectivity index (χ0n) is 14.5. The maximum Gasteiger partial charge on any atom is 0.324 e. The Bertz CT molecular complexity index is 777. The lowest BCUT2D eigenvalue weighted by Gasteiger charge is -2.32. The van der Waals surface area contributed by atoms with E-state index in [4.69, 9.17) is 34.8 Å². The first-order chi connectivity index (χ1) is 12.4. The molecule has 0 bridgehead atoms. The van der Waals surface area contributed by atoms with Crippen LogP contribution in [0, 0.1) is 0 Å². The molecule has 2 aromatic carbocycles. The van der Waals surface area contributed by atoms with Gasteiger partial charge in [-0.3, -0.25) is 4.90 Å². The molecule has 0 radical (unpaired) electrons. The molecule has 1 N–H and O–H groups in total. The van der Waals surface area contributed by atoms with Crippen molar-refractivity contribution in [3.05, 3.63) is 63.1 Å². The topological polar surface area (TPSA) is 35.6 Å². The fraction of sp³-hybridized carbons (Fsp3) is 0.316. The number of nitrogens with zero attached hydrogens (tertiary/aromatic N) is 2. The van der Waals surface area contributed by atoms with Crippen LogP contribution in [0.5, 0.6) is 0 Å². The number of carbonyl (C=O) groups excluding carboxylic acids is 1. The summed E-state index contributed by atoms with van der Waals surface area (Å²) >= 11 is 18.1. The highest BCUT2D eigenvalue weighted by atomic mass is 35.5. The summed E-state index contributed by atoms with van der Waals surface area (Å²) in [6.45, 7) is 1.55. The summed E-state index contributed by atoms with van der Waals surface area (Å²) in [5.74, 6) is 0.206. The molecule has 2 aromatic rings. The van der Waals surface area contributed by atoms with E-state index >= 15 is 0 Å². The minimum Gasteiger partial charge on any atom is -0.322 e. The summed E-state index contributed by atoms with van der Waals surface area (Å²) in [5, 5.41) is 5.08. The van der Waals surface area contributed by atoms with Gasteiger partial charge in [0.1, 0.15) is 0 Å². The van der Waals surface area contributed by atoms with Gasteiger partial charge in [0, 0.05) is 53.9 Å². The first kappa shape index (κ1) is 19.3. The third-order valence-corrected chi connectivity index (χ3v) is 5.49. The average Bonchev–Trinajstić information content (AvgIpc) is 3.09. The Morgan fingerprint density at radius 2 is 1.58 bits per heavy atom. The number of rotatable bonds is 3. The lowest BCUT2D eigenvalue weighted by molar-refractivity contribution is 0.197. The van der Waals surface area contributed by atoms with Crippen molar-refractivity contribution in [3.63, 3.8) is 0 Å². The summed E-state index contributed by atoms with van der Waals surface area (Å²) in [7, 11) is 3.55. The number of hydrogen-bond acceptors (Lipinski definition) is 2. The lowest BCUT2D eigenvalue weighted by Crippen LogP contribution is -2.47. The largest absolute Gasteiger partial charge is 0.324 e. The average molecular weight is 413 g/mol. The van der Waals surface area contributed by atoms with E-state index in [1.165, 1.54) is 0 Å². The molecular weight excluding hydrogens is 393 g/mol. The van der Waals surface area contributed by atoms with E-state index in [1.807, 2.05) is 31.3 Å². The zero-order chi connectivity index (χ0) is 18.8. The Morgan fingerprint density at radius 1 is 0.962 bits per heavy atom. The molecule has 1 aliphatic rings. The molecule has 0 saturated carbocycles. The van der Waals surface area contributed by atoms with Crippen molar-refractivity contribution < 1.29 is 4.79 Å². The number of anilines is 1. The van der Waals surface area contributed by atoms with Crippen LogP contribution in [0.4, 0.5) is 10.5 Å². The summed E-state index contributed by atoms with van der Waals surface area (Å²) in [6, 6.07) is 12.8. The van der Waals surface area contributed by atoms with Crippen molar-refractivity contribution in [2.45, 2.75) is 12.0 Å². The molecule has 1 aliphatic heterocycles. The third-order valence-electron chi connectivity index (χ3n) is 4.80. The predicted molar refractivity (Wildman–Crippen MR) is 109 cm³/mol. The number of nitrogens with one attached hydrogen (secondary N) is 1. The van der Waals surface area contributed by atoms with Crippen LogP contribution in [0.3, 0.4) is 0 Å². The second kappa shape index (κ2) is 8.05. The van der Waals surface area contributed by atoms with Crippen LogP contribution >= 0.6 is 34.8 Å². The van der Waals surface area contributed by atoms with Gasteiger partial charge >= 0.3 is 6.03 Å². The third kappa shape index (κ3) is 4.09. The zero-order valence-corrected chi connectivity index (χ0v) is 16.8. The van der Waals surface area contributed by atoms with Crippen molar-refractivity contribution in [1.82, 2.24) is 10.2 Å². The quantitative estimate of drug-likeness (QED) is 0.779. The van der Waals surface area contributed by atoms with Gasteiger partial charge < -0.3 is 10.2 Å². The van der Waals surface area contributed by atoms with E-state index in [-0.39, 0.29) is 18.0 Å². The number of hydrogen-bond donors (Lipinski definition) is 1. The van der Waals surface area contributed by atoms with Gasteiger partial charge in [-0.25, -0.2) is 4.79 Å². The first-order valence-corrected chi connectivity index (χ1v) is 9.43. The van der Waals surface area contributed by atoms with Crippen molar-refractivity contribution in [3.8, 4) is 0 Å². The van der Waals surface area contributed by atoms with Crippen LogP contribution in [-0.4, -0.2) is 44.2 Å². The van der Waals surface area contributed by atoms with Gasteiger partial charge in [-0.2, -0.15) is 0 Å². The number of amides is 2. The lowest BCUT2D eigenvalue weighted by atomic mass is 9.93. The fourth-order valence-electron chi connectivity index (χ4n) is 3.34.